The molecule has 1 unspecified atom stereocenters. The van der Waals surface area contributed by atoms with Crippen LogP contribution in [-0.2, 0) is 4.84 Å². The number of hydrogen-bond donors (Lipinski definition) is 1. The van der Waals surface area contributed by atoms with Crippen LogP contribution in [0.5, 0.6) is 0 Å². The number of halogens is 1. The minimum Gasteiger partial charge on any atom is -0.392 e. The van der Waals surface area contributed by atoms with Gasteiger partial charge in [0.2, 0.25) is 0 Å². The summed E-state index contributed by atoms with van der Waals surface area (Å²) in [6, 6.07) is 0. The van der Waals surface area contributed by atoms with Gasteiger partial charge >= 0.3 is 0 Å². The van der Waals surface area contributed by atoms with Crippen molar-refractivity contribution in [3.05, 3.63) is 0 Å². The van der Waals surface area contributed by atoms with Gasteiger partial charge in [0, 0.05) is 6.42 Å². The predicted octanol–water partition coefficient (Wildman–Crippen LogP) is 0.710. The minimum atomic E-state index is -0.572. The monoisotopic (exact) mass is 149 g/mol. The van der Waals surface area contributed by atoms with Crippen LogP contribution >= 0.6 is 11.6 Å². The Bertz CT molecular complexity index is 148. The van der Waals surface area contributed by atoms with Crippen molar-refractivity contribution in [1.29, 1.82) is 0 Å². The first-order valence-corrected chi connectivity index (χ1v) is 3.05. The fraction of sp³-hybridized carbons (Fsp3) is 0.800. The van der Waals surface area contributed by atoms with Crippen molar-refractivity contribution in [2.75, 3.05) is 6.61 Å². The number of nitrogens with zero attached hydrogens (tertiary/aromatic N) is 1. The lowest BCUT2D eigenvalue weighted by atomic mass is 10.1. The molecule has 0 saturated carbocycles. The van der Waals surface area contributed by atoms with E-state index in [2.05, 4.69) is 5.16 Å². The molecule has 0 saturated heterocycles. The van der Waals surface area contributed by atoms with Crippen LogP contribution in [0.4, 0.5) is 0 Å². The second kappa shape index (κ2) is 2.15. The molecule has 9 heavy (non-hydrogen) atoms. The van der Waals surface area contributed by atoms with Gasteiger partial charge in [-0.3, -0.25) is 0 Å². The molecule has 0 aromatic carbocycles. The summed E-state index contributed by atoms with van der Waals surface area (Å²) in [6.45, 7) is 1.71. The number of rotatable bonds is 1. The maximum absolute atomic E-state index is 8.69. The first-order chi connectivity index (χ1) is 4.16. The zero-order valence-corrected chi connectivity index (χ0v) is 5.85. The van der Waals surface area contributed by atoms with Crippen molar-refractivity contribution in [3.8, 4) is 0 Å². The van der Waals surface area contributed by atoms with Crippen molar-refractivity contribution in [1.82, 2.24) is 0 Å². The van der Waals surface area contributed by atoms with E-state index in [0.717, 1.165) is 0 Å². The van der Waals surface area contributed by atoms with Gasteiger partial charge in [0.05, 0.1) is 6.61 Å². The normalized spacial score (nSPS) is 33.9. The van der Waals surface area contributed by atoms with Crippen LogP contribution in [-0.4, -0.2) is 22.5 Å². The maximum atomic E-state index is 8.69. The molecule has 4 heteroatoms. The largest absolute Gasteiger partial charge is 0.392 e. The van der Waals surface area contributed by atoms with Gasteiger partial charge in [0.1, 0.15) is 5.17 Å². The smallest absolute Gasteiger partial charge is 0.164 e. The van der Waals surface area contributed by atoms with Gasteiger partial charge in [0.15, 0.2) is 5.60 Å². The molecule has 0 amide bonds. The summed E-state index contributed by atoms with van der Waals surface area (Å²) in [5, 5.41) is 12.6. The summed E-state index contributed by atoms with van der Waals surface area (Å²) in [6.07, 6.45) is 0.505. The number of aliphatic hydroxyl groups is 1. The molecule has 1 N–H and O–H groups in total. The molecule has 0 aliphatic carbocycles. The van der Waals surface area contributed by atoms with Crippen molar-refractivity contribution >= 4 is 16.8 Å². The Balaban J connectivity index is 2.53. The van der Waals surface area contributed by atoms with Crippen molar-refractivity contribution in [2.24, 2.45) is 5.16 Å². The summed E-state index contributed by atoms with van der Waals surface area (Å²) in [7, 11) is 0. The van der Waals surface area contributed by atoms with Crippen molar-refractivity contribution in [3.63, 3.8) is 0 Å². The highest BCUT2D eigenvalue weighted by Crippen LogP contribution is 2.23. The number of aliphatic hydroxyl groups excluding tert-OH is 1. The zero-order chi connectivity index (χ0) is 6.91. The molecule has 0 radical (unpaired) electrons. The first-order valence-electron chi connectivity index (χ1n) is 2.68. The Kier molecular flexibility index (Phi) is 1.64. The quantitative estimate of drug-likeness (QED) is 0.597. The lowest BCUT2D eigenvalue weighted by Gasteiger charge is -2.16. The van der Waals surface area contributed by atoms with E-state index in [4.69, 9.17) is 21.5 Å². The molecule has 52 valence electrons. The van der Waals surface area contributed by atoms with E-state index in [1.807, 2.05) is 0 Å². The molecule has 1 aliphatic rings. The highest BCUT2D eigenvalue weighted by Gasteiger charge is 2.32. The highest BCUT2D eigenvalue weighted by atomic mass is 35.5. The van der Waals surface area contributed by atoms with Gasteiger partial charge in [-0.25, -0.2) is 0 Å². The van der Waals surface area contributed by atoms with Crippen LogP contribution in [0.2, 0.25) is 0 Å². The van der Waals surface area contributed by atoms with Gasteiger partial charge in [-0.15, -0.1) is 0 Å². The average Bonchev–Trinajstić information content (AvgIpc) is 2.13. The molecule has 3 nitrogen and oxygen atoms in total. The second-order valence-corrected chi connectivity index (χ2v) is 2.78. The van der Waals surface area contributed by atoms with Crippen LogP contribution < -0.4 is 0 Å². The molecule has 0 spiro atoms. The lowest BCUT2D eigenvalue weighted by Crippen LogP contribution is -2.28. The van der Waals surface area contributed by atoms with E-state index < -0.39 is 5.60 Å². The molecule has 0 fully saturated rings. The van der Waals surface area contributed by atoms with E-state index in [0.29, 0.717) is 11.6 Å². The topological polar surface area (TPSA) is 41.8 Å². The second-order valence-electron chi connectivity index (χ2n) is 2.34. The van der Waals surface area contributed by atoms with E-state index in [-0.39, 0.29) is 6.61 Å². The van der Waals surface area contributed by atoms with E-state index in [9.17, 15) is 0 Å². The summed E-state index contributed by atoms with van der Waals surface area (Å²) in [5.74, 6) is 0. The molecule has 0 bridgehead atoms. The van der Waals surface area contributed by atoms with Gasteiger partial charge in [-0.2, -0.15) is 0 Å². The van der Waals surface area contributed by atoms with Crippen molar-refractivity contribution < 1.29 is 9.94 Å². The molecular formula is C5H8ClNO2. The third-order valence-corrected chi connectivity index (χ3v) is 1.42. The van der Waals surface area contributed by atoms with Crippen LogP contribution in [0.25, 0.3) is 0 Å². The lowest BCUT2D eigenvalue weighted by molar-refractivity contribution is -0.0428. The zero-order valence-electron chi connectivity index (χ0n) is 5.09. The summed E-state index contributed by atoms with van der Waals surface area (Å²) < 4.78 is 0. The molecule has 1 atom stereocenters. The summed E-state index contributed by atoms with van der Waals surface area (Å²) in [5.41, 5.74) is -0.572. The molecule has 1 rings (SSSR count). The van der Waals surface area contributed by atoms with E-state index in [1.54, 1.807) is 6.92 Å². The van der Waals surface area contributed by atoms with Crippen LogP contribution in [0, 0.1) is 0 Å². The fourth-order valence-electron chi connectivity index (χ4n) is 0.618. The number of oxime groups is 1. The Morgan fingerprint density at radius 3 is 2.89 bits per heavy atom. The van der Waals surface area contributed by atoms with Crippen LogP contribution in [0.15, 0.2) is 5.16 Å². The number of hydrogen-bond acceptors (Lipinski definition) is 3. The van der Waals surface area contributed by atoms with Crippen molar-refractivity contribution in [2.45, 2.75) is 18.9 Å². The molecular weight excluding hydrogens is 142 g/mol. The summed E-state index contributed by atoms with van der Waals surface area (Å²) in [4.78, 5) is 4.81. The Morgan fingerprint density at radius 1 is 2.00 bits per heavy atom. The van der Waals surface area contributed by atoms with E-state index in [1.165, 1.54) is 0 Å². The standard InChI is InChI=1S/C5H8ClNO2/c1-5(3-8)2-4(6)7-9-5/h8H,2-3H2,1H3. The molecule has 1 heterocycles. The third-order valence-electron chi connectivity index (χ3n) is 1.22. The third kappa shape index (κ3) is 1.34. The molecule has 0 aromatic rings. The van der Waals surface area contributed by atoms with Crippen LogP contribution in [0.3, 0.4) is 0 Å². The van der Waals surface area contributed by atoms with Gasteiger partial charge in [-0.1, -0.05) is 16.8 Å². The Morgan fingerprint density at radius 2 is 2.67 bits per heavy atom. The molecule has 1 aliphatic heterocycles. The summed E-state index contributed by atoms with van der Waals surface area (Å²) >= 11 is 5.49. The average molecular weight is 150 g/mol. The van der Waals surface area contributed by atoms with Gasteiger partial charge in [-0.05, 0) is 6.92 Å². The van der Waals surface area contributed by atoms with E-state index >= 15 is 0 Å². The van der Waals surface area contributed by atoms with Crippen LogP contribution in [0.1, 0.15) is 13.3 Å². The predicted molar refractivity (Wildman–Crippen MR) is 34.5 cm³/mol. The highest BCUT2D eigenvalue weighted by molar-refractivity contribution is 6.65. The Labute approximate surface area is 58.3 Å². The van der Waals surface area contributed by atoms with Gasteiger partial charge < -0.3 is 9.94 Å². The fourth-order valence-corrected chi connectivity index (χ4v) is 0.935. The molecule has 0 aromatic heterocycles. The SMILES string of the molecule is CC1(CO)CC(Cl)=NO1. The first kappa shape index (κ1) is 6.83. The Hall–Kier alpha value is -0.280. The minimum absolute atomic E-state index is 0.0489. The van der Waals surface area contributed by atoms with Gasteiger partial charge in [0.25, 0.3) is 0 Å². The maximum Gasteiger partial charge on any atom is 0.164 e.